The molecule has 2 aliphatic rings. The number of esters is 1. The predicted molar refractivity (Wildman–Crippen MR) is 116 cm³/mol. The van der Waals surface area contributed by atoms with Gasteiger partial charge in [0.05, 0.1) is 5.56 Å². The summed E-state index contributed by atoms with van der Waals surface area (Å²) in [4.78, 5) is 12.1. The van der Waals surface area contributed by atoms with Crippen molar-refractivity contribution in [2.75, 3.05) is 0 Å². The van der Waals surface area contributed by atoms with Crippen LogP contribution in [0.15, 0.2) is 18.2 Å². The molecule has 3 nitrogen and oxygen atoms in total. The molecule has 0 saturated heterocycles. The third-order valence-electron chi connectivity index (χ3n) is 7.46. The fourth-order valence-electron chi connectivity index (χ4n) is 5.54. The van der Waals surface area contributed by atoms with Crippen LogP contribution < -0.4 is 4.74 Å². The van der Waals surface area contributed by atoms with Crippen molar-refractivity contribution in [3.8, 4) is 11.8 Å². The molecule has 2 saturated carbocycles. The lowest BCUT2D eigenvalue weighted by Gasteiger charge is -2.38. The number of carbonyl (C=O) groups is 1. The third kappa shape index (κ3) is 6.56. The average molecular weight is 414 g/mol. The van der Waals surface area contributed by atoms with Crippen LogP contribution in [0.1, 0.15) is 96.0 Å². The number of nitrogens with zero attached hydrogens (tertiary/aromatic N) is 1. The van der Waals surface area contributed by atoms with Gasteiger partial charge < -0.3 is 4.74 Å². The number of ether oxygens (including phenoxy) is 1. The molecule has 0 aliphatic heterocycles. The molecule has 164 valence electrons. The number of carbonyl (C=O) groups excluding carboxylic acids is 1. The lowest BCUT2D eigenvalue weighted by molar-refractivity contribution is -0.134. The second-order valence-corrected chi connectivity index (χ2v) is 9.47. The van der Waals surface area contributed by atoms with Gasteiger partial charge in [-0.15, -0.1) is 0 Å². The third-order valence-corrected chi connectivity index (χ3v) is 7.46. The van der Waals surface area contributed by atoms with Gasteiger partial charge in [-0.1, -0.05) is 51.9 Å². The normalized spacial score (nSPS) is 26.7. The van der Waals surface area contributed by atoms with Crippen LogP contribution in [0.5, 0.6) is 5.75 Å². The van der Waals surface area contributed by atoms with Crippen molar-refractivity contribution in [1.82, 2.24) is 0 Å². The second kappa shape index (κ2) is 11.5. The van der Waals surface area contributed by atoms with Gasteiger partial charge in [0, 0.05) is 12.5 Å². The Morgan fingerprint density at radius 2 is 1.63 bits per heavy atom. The largest absolute Gasteiger partial charge is 0.426 e. The maximum Gasteiger partial charge on any atom is 0.311 e. The van der Waals surface area contributed by atoms with Gasteiger partial charge in [-0.3, -0.25) is 4.79 Å². The van der Waals surface area contributed by atoms with Crippen molar-refractivity contribution in [2.24, 2.45) is 23.7 Å². The topological polar surface area (TPSA) is 50.1 Å². The Kier molecular flexibility index (Phi) is 8.73. The van der Waals surface area contributed by atoms with Crippen molar-refractivity contribution >= 4 is 5.97 Å². The van der Waals surface area contributed by atoms with Gasteiger partial charge in [-0.2, -0.15) is 5.26 Å². The fraction of sp³-hybridized carbons (Fsp3) is 0.692. The van der Waals surface area contributed by atoms with Crippen LogP contribution in [0.25, 0.3) is 0 Å². The molecule has 2 aliphatic carbocycles. The van der Waals surface area contributed by atoms with E-state index >= 15 is 0 Å². The van der Waals surface area contributed by atoms with E-state index in [0.717, 1.165) is 30.2 Å². The number of rotatable bonds is 8. The van der Waals surface area contributed by atoms with Gasteiger partial charge in [0.2, 0.25) is 0 Å². The molecule has 0 amide bonds. The zero-order valence-electron chi connectivity index (χ0n) is 18.4. The van der Waals surface area contributed by atoms with Crippen LogP contribution in [-0.4, -0.2) is 5.97 Å². The number of nitriles is 1. The van der Waals surface area contributed by atoms with Crippen molar-refractivity contribution in [2.45, 2.75) is 90.4 Å². The van der Waals surface area contributed by atoms with E-state index in [2.05, 4.69) is 6.92 Å². The standard InChI is InChI=1S/C26H36FNO2/c1-2-3-4-19-5-10-21(11-6-19)22-12-7-20(8-13-22)9-16-26(29)30-24-15-14-23(18-28)25(27)17-24/h14-15,17,19-22H,2-13,16H2,1H3/t19-,20?,21-,22?. The van der Waals surface area contributed by atoms with E-state index in [4.69, 9.17) is 10.00 Å². The van der Waals surface area contributed by atoms with Gasteiger partial charge in [-0.25, -0.2) is 4.39 Å². The molecule has 1 aromatic rings. The minimum absolute atomic E-state index is 0.0407. The maximum atomic E-state index is 13.6. The minimum Gasteiger partial charge on any atom is -0.426 e. The summed E-state index contributed by atoms with van der Waals surface area (Å²) in [6.45, 7) is 2.29. The molecule has 2 fully saturated rings. The first-order chi connectivity index (χ1) is 14.6. The highest BCUT2D eigenvalue weighted by Crippen LogP contribution is 2.43. The van der Waals surface area contributed by atoms with E-state index in [-0.39, 0.29) is 17.3 Å². The van der Waals surface area contributed by atoms with E-state index < -0.39 is 5.82 Å². The molecule has 0 atom stereocenters. The van der Waals surface area contributed by atoms with E-state index in [0.29, 0.717) is 12.3 Å². The molecule has 0 radical (unpaired) electrons. The molecule has 1 aromatic carbocycles. The molecule has 0 spiro atoms. The minimum atomic E-state index is -0.652. The molecule has 0 heterocycles. The highest BCUT2D eigenvalue weighted by atomic mass is 19.1. The van der Waals surface area contributed by atoms with Crippen LogP contribution in [0.2, 0.25) is 0 Å². The molecule has 0 unspecified atom stereocenters. The summed E-state index contributed by atoms with van der Waals surface area (Å²) in [6.07, 6.45) is 16.2. The Hall–Kier alpha value is -1.89. The summed E-state index contributed by atoms with van der Waals surface area (Å²) in [5, 5.41) is 8.77. The van der Waals surface area contributed by atoms with Crippen LogP contribution in [0.4, 0.5) is 4.39 Å². The fourth-order valence-corrected chi connectivity index (χ4v) is 5.54. The Balaban J connectivity index is 1.34. The first-order valence-corrected chi connectivity index (χ1v) is 12.0. The molecule has 3 rings (SSSR count). The average Bonchev–Trinajstić information content (AvgIpc) is 2.77. The van der Waals surface area contributed by atoms with Crippen molar-refractivity contribution in [3.63, 3.8) is 0 Å². The van der Waals surface area contributed by atoms with Gasteiger partial charge in [0.25, 0.3) is 0 Å². The molecular weight excluding hydrogens is 377 g/mol. The zero-order valence-corrected chi connectivity index (χ0v) is 18.4. The van der Waals surface area contributed by atoms with Crippen molar-refractivity contribution in [1.29, 1.82) is 5.26 Å². The summed E-state index contributed by atoms with van der Waals surface area (Å²) in [5.74, 6) is 2.62. The Morgan fingerprint density at radius 1 is 1.03 bits per heavy atom. The summed E-state index contributed by atoms with van der Waals surface area (Å²) >= 11 is 0. The van der Waals surface area contributed by atoms with Gasteiger partial charge >= 0.3 is 5.97 Å². The molecule has 4 heteroatoms. The lowest BCUT2D eigenvalue weighted by atomic mass is 9.68. The quantitative estimate of drug-likeness (QED) is 0.335. The molecule has 0 aromatic heterocycles. The number of hydrogen-bond acceptors (Lipinski definition) is 3. The second-order valence-electron chi connectivity index (χ2n) is 9.47. The van der Waals surface area contributed by atoms with Crippen molar-refractivity contribution < 1.29 is 13.9 Å². The molecule has 30 heavy (non-hydrogen) atoms. The number of unbranched alkanes of at least 4 members (excludes halogenated alkanes) is 1. The monoisotopic (exact) mass is 413 g/mol. The maximum absolute atomic E-state index is 13.6. The molecular formula is C26H36FNO2. The van der Waals surface area contributed by atoms with Crippen LogP contribution in [0.3, 0.4) is 0 Å². The highest BCUT2D eigenvalue weighted by Gasteiger charge is 2.30. The SMILES string of the molecule is CCCC[C@H]1CC[C@H](C2CCC(CCC(=O)Oc3ccc(C#N)c(F)c3)CC2)CC1. The van der Waals surface area contributed by atoms with E-state index in [1.807, 2.05) is 0 Å². The van der Waals surface area contributed by atoms with Gasteiger partial charge in [-0.05, 0) is 67.9 Å². The summed E-state index contributed by atoms with van der Waals surface area (Å²) in [5.41, 5.74) is -0.0407. The zero-order chi connectivity index (χ0) is 21.3. The Labute approximate surface area is 181 Å². The Morgan fingerprint density at radius 3 is 2.17 bits per heavy atom. The first kappa shape index (κ1) is 22.8. The van der Waals surface area contributed by atoms with Crippen molar-refractivity contribution in [3.05, 3.63) is 29.6 Å². The Bertz CT molecular complexity index is 725. The van der Waals surface area contributed by atoms with E-state index in [9.17, 15) is 9.18 Å². The summed E-state index contributed by atoms with van der Waals surface area (Å²) in [6, 6.07) is 5.69. The predicted octanol–water partition coefficient (Wildman–Crippen LogP) is 7.19. The van der Waals surface area contributed by atoms with Crippen LogP contribution >= 0.6 is 0 Å². The lowest BCUT2D eigenvalue weighted by Crippen LogP contribution is -2.26. The van der Waals surface area contributed by atoms with Crippen LogP contribution in [0, 0.1) is 40.8 Å². The highest BCUT2D eigenvalue weighted by molar-refractivity contribution is 5.72. The molecule has 0 N–H and O–H groups in total. The molecule has 0 bridgehead atoms. The number of benzene rings is 1. The summed E-state index contributed by atoms with van der Waals surface area (Å²) < 4.78 is 18.9. The number of halogens is 1. The van der Waals surface area contributed by atoms with Crippen LogP contribution in [-0.2, 0) is 4.79 Å². The summed E-state index contributed by atoms with van der Waals surface area (Å²) in [7, 11) is 0. The van der Waals surface area contributed by atoms with E-state index in [1.165, 1.54) is 82.8 Å². The number of hydrogen-bond donors (Lipinski definition) is 0. The van der Waals surface area contributed by atoms with Gasteiger partial charge in [0.1, 0.15) is 17.6 Å². The van der Waals surface area contributed by atoms with Gasteiger partial charge in [0.15, 0.2) is 0 Å². The van der Waals surface area contributed by atoms with E-state index in [1.54, 1.807) is 6.07 Å². The first-order valence-electron chi connectivity index (χ1n) is 12.0. The smallest absolute Gasteiger partial charge is 0.311 e.